The van der Waals surface area contributed by atoms with Crippen LogP contribution in [0.1, 0.15) is 50.5 Å². The molecule has 2 atom stereocenters. The van der Waals surface area contributed by atoms with Crippen molar-refractivity contribution in [2.45, 2.75) is 51.0 Å². The lowest BCUT2D eigenvalue weighted by Gasteiger charge is -2.31. The maximum Gasteiger partial charge on any atom is 0.242 e. The molecular weight excluding hydrogens is 396 g/mol. The van der Waals surface area contributed by atoms with Crippen LogP contribution in [0.5, 0.6) is 0 Å². The minimum absolute atomic E-state index is 0.0734. The maximum atomic E-state index is 13.2. The van der Waals surface area contributed by atoms with Crippen molar-refractivity contribution in [3.8, 4) is 0 Å². The molecule has 4 nitrogen and oxygen atoms in total. The first-order chi connectivity index (χ1) is 14.4. The Balaban J connectivity index is 1.66. The van der Waals surface area contributed by atoms with Gasteiger partial charge in [0.05, 0.1) is 5.41 Å². The second-order valence-electron chi connectivity index (χ2n) is 8.44. The summed E-state index contributed by atoms with van der Waals surface area (Å²) in [5.74, 6) is -0.0364. The van der Waals surface area contributed by atoms with Crippen LogP contribution in [-0.4, -0.2) is 24.9 Å². The molecule has 1 saturated carbocycles. The van der Waals surface area contributed by atoms with Gasteiger partial charge in [0, 0.05) is 12.1 Å². The molecule has 160 valence electrons. The number of amides is 2. The van der Waals surface area contributed by atoms with Gasteiger partial charge in [0.1, 0.15) is 6.04 Å². The summed E-state index contributed by atoms with van der Waals surface area (Å²) in [7, 11) is 1.61. The molecule has 0 radical (unpaired) electrons. The first kappa shape index (κ1) is 22.4. The Bertz CT molecular complexity index is 838. The summed E-state index contributed by atoms with van der Waals surface area (Å²) in [5.41, 5.74) is 1.85. The summed E-state index contributed by atoms with van der Waals surface area (Å²) < 4.78 is 0. The molecule has 2 N–H and O–H groups in total. The lowest BCUT2D eigenvalue weighted by molar-refractivity contribution is -0.135. The van der Waals surface area contributed by atoms with Crippen LogP contribution in [-0.2, 0) is 9.59 Å². The fourth-order valence-corrected chi connectivity index (χ4v) is 4.86. The minimum Gasteiger partial charge on any atom is -0.357 e. The average Bonchev–Trinajstić information content (AvgIpc) is 3.23. The Morgan fingerprint density at radius 1 is 1.23 bits per heavy atom. The van der Waals surface area contributed by atoms with Crippen molar-refractivity contribution in [2.24, 2.45) is 11.3 Å². The van der Waals surface area contributed by atoms with Crippen LogP contribution in [0, 0.1) is 11.3 Å². The third-order valence-corrected chi connectivity index (χ3v) is 6.41. The highest BCUT2D eigenvalue weighted by atomic mass is 35.5. The largest absolute Gasteiger partial charge is 0.357 e. The summed E-state index contributed by atoms with van der Waals surface area (Å²) in [6, 6.07) is 9.69. The van der Waals surface area contributed by atoms with Gasteiger partial charge in [-0.3, -0.25) is 9.59 Å². The molecule has 1 aromatic carbocycles. The molecular formula is C25H31ClN2O2. The molecule has 2 amide bonds. The maximum absolute atomic E-state index is 13.2. The number of hydrogen-bond donors (Lipinski definition) is 2. The first-order valence-electron chi connectivity index (χ1n) is 10.7. The molecule has 0 aliphatic heterocycles. The summed E-state index contributed by atoms with van der Waals surface area (Å²) in [4.78, 5) is 25.7. The second kappa shape index (κ2) is 10.1. The van der Waals surface area contributed by atoms with E-state index in [1.165, 1.54) is 11.1 Å². The molecule has 0 heterocycles. The second-order valence-corrected chi connectivity index (χ2v) is 8.97. The molecule has 2 aliphatic carbocycles. The van der Waals surface area contributed by atoms with Gasteiger partial charge in [-0.05, 0) is 49.2 Å². The summed E-state index contributed by atoms with van der Waals surface area (Å²) >= 11 is 6.07. The Labute approximate surface area is 184 Å². The summed E-state index contributed by atoms with van der Waals surface area (Å²) in [6.07, 6.45) is 11.9. The van der Waals surface area contributed by atoms with Crippen molar-refractivity contribution in [1.29, 1.82) is 0 Å². The Kier molecular flexibility index (Phi) is 7.54. The van der Waals surface area contributed by atoms with Crippen LogP contribution >= 0.6 is 11.6 Å². The molecule has 1 fully saturated rings. The van der Waals surface area contributed by atoms with Gasteiger partial charge in [0.15, 0.2) is 0 Å². The summed E-state index contributed by atoms with van der Waals surface area (Å²) in [5, 5.41) is 6.24. The zero-order chi connectivity index (χ0) is 21.6. The molecule has 5 heteroatoms. The van der Waals surface area contributed by atoms with Gasteiger partial charge in [-0.1, -0.05) is 79.6 Å². The molecule has 2 aliphatic rings. The van der Waals surface area contributed by atoms with Crippen molar-refractivity contribution < 1.29 is 9.59 Å². The molecule has 3 rings (SSSR count). The fourth-order valence-electron chi connectivity index (χ4n) is 4.61. The van der Waals surface area contributed by atoms with Gasteiger partial charge in [-0.2, -0.15) is 0 Å². The highest BCUT2D eigenvalue weighted by Gasteiger charge is 2.42. The number of rotatable bonds is 8. The number of nitrogens with one attached hydrogen (secondary N) is 2. The zero-order valence-electron chi connectivity index (χ0n) is 17.6. The van der Waals surface area contributed by atoms with E-state index in [0.29, 0.717) is 17.9 Å². The molecule has 1 aromatic rings. The monoisotopic (exact) mass is 426 g/mol. The van der Waals surface area contributed by atoms with Gasteiger partial charge in [0.25, 0.3) is 0 Å². The third-order valence-electron chi connectivity index (χ3n) is 6.27. The van der Waals surface area contributed by atoms with Crippen LogP contribution in [0.4, 0.5) is 0 Å². The van der Waals surface area contributed by atoms with E-state index in [1.807, 2.05) is 18.2 Å². The van der Waals surface area contributed by atoms with Crippen LogP contribution in [0.25, 0.3) is 5.57 Å². The van der Waals surface area contributed by atoms with Crippen LogP contribution in [0.2, 0.25) is 0 Å². The standard InChI is InChI=1S/C25H31ClN2O2/c1-18(26)17-25(14-6-7-15-25)24(30)28-22(23(29)27-2)16-19-10-12-21(13-11-19)20-8-4-3-5-9-20/h3-5,8-10,12-13,19,22H,1,6-7,11,14-17H2,2H3,(H,27,29)(H,28,30). The quantitative estimate of drug-likeness (QED) is 0.616. The number of likely N-dealkylation sites (N-methyl/N-ethyl adjacent to an activating group) is 1. The molecule has 0 spiro atoms. The van der Waals surface area contributed by atoms with E-state index in [4.69, 9.17) is 11.6 Å². The Morgan fingerprint density at radius 2 is 1.93 bits per heavy atom. The van der Waals surface area contributed by atoms with E-state index in [1.54, 1.807) is 7.05 Å². The highest BCUT2D eigenvalue weighted by Crippen LogP contribution is 2.44. The van der Waals surface area contributed by atoms with Crippen molar-refractivity contribution in [1.82, 2.24) is 10.6 Å². The fraction of sp³-hybridized carbons (Fsp3) is 0.440. The highest BCUT2D eigenvalue weighted by molar-refractivity contribution is 6.29. The Morgan fingerprint density at radius 3 is 2.50 bits per heavy atom. The van der Waals surface area contributed by atoms with Gasteiger partial charge in [-0.15, -0.1) is 0 Å². The van der Waals surface area contributed by atoms with Crippen molar-refractivity contribution in [2.75, 3.05) is 7.05 Å². The number of hydrogen-bond acceptors (Lipinski definition) is 2. The van der Waals surface area contributed by atoms with Crippen LogP contribution in [0.3, 0.4) is 0 Å². The number of carbonyl (C=O) groups is 2. The number of benzene rings is 1. The lowest BCUT2D eigenvalue weighted by atomic mass is 9.81. The van der Waals surface area contributed by atoms with E-state index < -0.39 is 11.5 Å². The van der Waals surface area contributed by atoms with Gasteiger partial charge < -0.3 is 10.6 Å². The van der Waals surface area contributed by atoms with Crippen LogP contribution < -0.4 is 10.6 Å². The predicted molar refractivity (Wildman–Crippen MR) is 123 cm³/mol. The van der Waals surface area contributed by atoms with Crippen molar-refractivity contribution in [3.63, 3.8) is 0 Å². The van der Waals surface area contributed by atoms with E-state index in [9.17, 15) is 9.59 Å². The average molecular weight is 427 g/mol. The number of allylic oxidation sites excluding steroid dienone is 5. The van der Waals surface area contributed by atoms with Gasteiger partial charge in [-0.25, -0.2) is 0 Å². The number of halogens is 1. The van der Waals surface area contributed by atoms with Crippen LogP contribution in [0.15, 0.2) is 60.2 Å². The Hall–Kier alpha value is -2.33. The predicted octanol–water partition coefficient (Wildman–Crippen LogP) is 4.97. The van der Waals surface area contributed by atoms with Crippen molar-refractivity contribution in [3.05, 3.63) is 65.7 Å². The van der Waals surface area contributed by atoms with E-state index in [2.05, 4.69) is 47.6 Å². The van der Waals surface area contributed by atoms with E-state index in [-0.39, 0.29) is 17.7 Å². The van der Waals surface area contributed by atoms with Gasteiger partial charge >= 0.3 is 0 Å². The van der Waals surface area contributed by atoms with Gasteiger partial charge in [0.2, 0.25) is 11.8 Å². The SMILES string of the molecule is C=C(Cl)CC1(C(=O)NC(CC2C=CC(c3ccccc3)=CC2)C(=O)NC)CCCC1. The molecule has 30 heavy (non-hydrogen) atoms. The molecule has 0 saturated heterocycles. The summed E-state index contributed by atoms with van der Waals surface area (Å²) in [6.45, 7) is 3.79. The number of carbonyl (C=O) groups excluding carboxylic acids is 2. The van der Waals surface area contributed by atoms with E-state index >= 15 is 0 Å². The molecule has 0 aromatic heterocycles. The normalized spacial score (nSPS) is 20.9. The topological polar surface area (TPSA) is 58.2 Å². The molecule has 0 bridgehead atoms. The minimum atomic E-state index is -0.565. The third kappa shape index (κ3) is 5.42. The first-order valence-corrected chi connectivity index (χ1v) is 11.1. The lowest BCUT2D eigenvalue weighted by Crippen LogP contribution is -2.51. The molecule has 2 unspecified atom stereocenters. The zero-order valence-corrected chi connectivity index (χ0v) is 18.4. The smallest absolute Gasteiger partial charge is 0.242 e. The van der Waals surface area contributed by atoms with Crippen molar-refractivity contribution >= 4 is 29.0 Å². The van der Waals surface area contributed by atoms with E-state index in [0.717, 1.165) is 32.1 Å².